The lowest BCUT2D eigenvalue weighted by atomic mass is 10.1. The van der Waals surface area contributed by atoms with E-state index in [1.807, 2.05) is 28.8 Å². The van der Waals surface area contributed by atoms with Gasteiger partial charge in [0.1, 0.15) is 12.4 Å². The molecule has 0 aliphatic carbocycles. The molecule has 0 saturated carbocycles. The van der Waals surface area contributed by atoms with Gasteiger partial charge in [-0.05, 0) is 31.9 Å². The zero-order valence-electron chi connectivity index (χ0n) is 20.0. The van der Waals surface area contributed by atoms with Crippen molar-refractivity contribution < 1.29 is 4.74 Å². The number of ether oxygens (including phenoxy) is 1. The van der Waals surface area contributed by atoms with Crippen LogP contribution in [0.3, 0.4) is 0 Å². The zero-order chi connectivity index (χ0) is 24.5. The van der Waals surface area contributed by atoms with Crippen molar-refractivity contribution in [1.82, 2.24) is 18.7 Å². The van der Waals surface area contributed by atoms with E-state index < -0.39 is 11.2 Å². The number of nitrogens with zero attached hydrogens (tertiary/aromatic N) is 6. The molecule has 0 bridgehead atoms. The van der Waals surface area contributed by atoms with Crippen molar-refractivity contribution >= 4 is 22.8 Å². The predicted molar refractivity (Wildman–Crippen MR) is 135 cm³/mol. The van der Waals surface area contributed by atoms with Crippen LogP contribution in [0.15, 0.2) is 38.8 Å². The molecule has 1 fully saturated rings. The topological polar surface area (TPSA) is 113 Å². The van der Waals surface area contributed by atoms with Crippen LogP contribution in [0.4, 0.5) is 5.95 Å². The third kappa shape index (κ3) is 4.12. The van der Waals surface area contributed by atoms with Gasteiger partial charge in [0.15, 0.2) is 11.2 Å². The molecule has 1 aromatic carbocycles. The van der Waals surface area contributed by atoms with Crippen molar-refractivity contribution in [2.75, 3.05) is 31.1 Å². The van der Waals surface area contributed by atoms with Crippen LogP contribution < -0.4 is 26.6 Å². The first-order chi connectivity index (χ1) is 17.0. The highest BCUT2D eigenvalue weighted by atomic mass is 16.5. The molecule has 1 unspecified atom stereocenters. The summed E-state index contributed by atoms with van der Waals surface area (Å²) in [5.74, 6) is 7.27. The van der Waals surface area contributed by atoms with Crippen LogP contribution in [0.25, 0.3) is 11.2 Å². The molecule has 4 heterocycles. The average Bonchev–Trinajstić information content (AvgIpc) is 3.13. The largest absolute Gasteiger partial charge is 0.491 e. The summed E-state index contributed by atoms with van der Waals surface area (Å²) in [6.45, 7) is 4.40. The van der Waals surface area contributed by atoms with Gasteiger partial charge in [0, 0.05) is 31.7 Å². The Morgan fingerprint density at radius 1 is 1.23 bits per heavy atom. The number of anilines is 1. The number of nitrogens with two attached hydrogens (primary N) is 1. The average molecular weight is 476 g/mol. The molecule has 1 saturated heterocycles. The smallest absolute Gasteiger partial charge is 0.332 e. The van der Waals surface area contributed by atoms with E-state index in [2.05, 4.69) is 21.7 Å². The Morgan fingerprint density at radius 3 is 2.86 bits per heavy atom. The number of hydrogen-bond acceptors (Lipinski definition) is 7. The Morgan fingerprint density at radius 2 is 2.06 bits per heavy atom. The molecular weight excluding hydrogens is 446 g/mol. The van der Waals surface area contributed by atoms with Gasteiger partial charge >= 0.3 is 5.69 Å². The summed E-state index contributed by atoms with van der Waals surface area (Å²) in [4.78, 5) is 38.7. The minimum Gasteiger partial charge on any atom is -0.491 e. The Bertz CT molecular complexity index is 1480. The van der Waals surface area contributed by atoms with Crippen molar-refractivity contribution in [3.8, 4) is 17.6 Å². The molecule has 182 valence electrons. The number of aryl methyl sites for hydroxylation is 1. The van der Waals surface area contributed by atoms with Gasteiger partial charge in [-0.2, -0.15) is 4.98 Å². The fourth-order valence-corrected chi connectivity index (χ4v) is 4.78. The first-order valence-electron chi connectivity index (χ1n) is 11.8. The molecule has 2 aliphatic rings. The van der Waals surface area contributed by atoms with Crippen molar-refractivity contribution in [1.29, 1.82) is 0 Å². The molecule has 1 atom stereocenters. The maximum atomic E-state index is 13.8. The van der Waals surface area contributed by atoms with Crippen LogP contribution in [0, 0.1) is 11.8 Å². The van der Waals surface area contributed by atoms with Crippen LogP contribution in [-0.2, 0) is 20.1 Å². The molecule has 0 radical (unpaired) electrons. The van der Waals surface area contributed by atoms with Gasteiger partial charge in [0.05, 0.1) is 25.3 Å². The highest BCUT2D eigenvalue weighted by Crippen LogP contribution is 2.24. The highest BCUT2D eigenvalue weighted by molar-refractivity contribution is 6.03. The minimum atomic E-state index is -0.444. The van der Waals surface area contributed by atoms with Crippen LogP contribution in [0.5, 0.6) is 5.75 Å². The van der Waals surface area contributed by atoms with Gasteiger partial charge in [-0.25, -0.2) is 4.79 Å². The Hall–Kier alpha value is -3.84. The summed E-state index contributed by atoms with van der Waals surface area (Å²) in [5.41, 5.74) is 7.48. The SMILES string of the molecule is CC#CCn1c(N2CCCC(N)C2)nc2c1c(=O)n(CC1=NCCOc3ccccc31)c(=O)n2C. The number of benzene rings is 1. The number of imidazole rings is 1. The van der Waals surface area contributed by atoms with E-state index in [-0.39, 0.29) is 12.6 Å². The van der Waals surface area contributed by atoms with Crippen LogP contribution in [-0.4, -0.2) is 56.7 Å². The third-order valence-corrected chi connectivity index (χ3v) is 6.52. The van der Waals surface area contributed by atoms with E-state index in [0.29, 0.717) is 54.8 Å². The van der Waals surface area contributed by atoms with E-state index in [1.165, 1.54) is 9.13 Å². The standard InChI is InChI=1S/C25H29N7O3/c1-3-4-13-31-21-22(28-24(31)30-12-7-8-17(26)15-30)29(2)25(34)32(23(21)33)16-19-18-9-5-6-10-20(18)35-14-11-27-19/h5-6,9-10,17H,7-8,11-16,26H2,1-2H3. The van der Waals surface area contributed by atoms with Gasteiger partial charge in [0.25, 0.3) is 5.56 Å². The second-order valence-electron chi connectivity index (χ2n) is 8.85. The first-order valence-corrected chi connectivity index (χ1v) is 11.8. The predicted octanol–water partition coefficient (Wildman–Crippen LogP) is 0.729. The van der Waals surface area contributed by atoms with Gasteiger partial charge in [-0.3, -0.25) is 23.5 Å². The Labute approximate surface area is 202 Å². The van der Waals surface area contributed by atoms with E-state index in [1.54, 1.807) is 14.0 Å². The van der Waals surface area contributed by atoms with Crippen LogP contribution in [0.1, 0.15) is 25.3 Å². The lowest BCUT2D eigenvalue weighted by Crippen LogP contribution is -2.44. The summed E-state index contributed by atoms with van der Waals surface area (Å²) >= 11 is 0. The quantitative estimate of drug-likeness (QED) is 0.557. The summed E-state index contributed by atoms with van der Waals surface area (Å²) in [6, 6.07) is 7.58. The van der Waals surface area contributed by atoms with Gasteiger partial charge in [0.2, 0.25) is 5.95 Å². The molecule has 0 amide bonds. The molecule has 5 rings (SSSR count). The maximum Gasteiger partial charge on any atom is 0.332 e. The summed E-state index contributed by atoms with van der Waals surface area (Å²) in [7, 11) is 1.64. The monoisotopic (exact) mass is 475 g/mol. The zero-order valence-corrected chi connectivity index (χ0v) is 20.0. The molecule has 2 aromatic heterocycles. The van der Waals surface area contributed by atoms with E-state index in [0.717, 1.165) is 24.9 Å². The van der Waals surface area contributed by atoms with E-state index in [9.17, 15) is 9.59 Å². The van der Waals surface area contributed by atoms with Gasteiger partial charge in [-0.1, -0.05) is 18.1 Å². The summed E-state index contributed by atoms with van der Waals surface area (Å²) in [5, 5.41) is 0. The number of fused-ring (bicyclic) bond motifs is 2. The molecule has 35 heavy (non-hydrogen) atoms. The molecular formula is C25H29N7O3. The molecule has 2 N–H and O–H groups in total. The molecule has 0 spiro atoms. The van der Waals surface area contributed by atoms with Gasteiger partial charge < -0.3 is 15.4 Å². The number of hydrogen-bond donors (Lipinski definition) is 1. The number of aromatic nitrogens is 4. The van der Waals surface area contributed by atoms with Crippen molar-refractivity contribution in [2.45, 2.75) is 38.9 Å². The minimum absolute atomic E-state index is 0.0327. The fourth-order valence-electron chi connectivity index (χ4n) is 4.78. The number of piperidine rings is 1. The summed E-state index contributed by atoms with van der Waals surface area (Å²) < 4.78 is 10.3. The Balaban J connectivity index is 1.68. The molecule has 10 nitrogen and oxygen atoms in total. The van der Waals surface area contributed by atoms with E-state index in [4.69, 9.17) is 15.5 Å². The maximum absolute atomic E-state index is 13.8. The molecule has 2 aliphatic heterocycles. The fraction of sp³-hybridized carbons (Fsp3) is 0.440. The molecule has 3 aromatic rings. The number of rotatable bonds is 4. The Kier molecular flexibility index (Phi) is 6.17. The molecule has 10 heteroatoms. The lowest BCUT2D eigenvalue weighted by Gasteiger charge is -2.31. The van der Waals surface area contributed by atoms with Crippen molar-refractivity contribution in [2.24, 2.45) is 17.8 Å². The van der Waals surface area contributed by atoms with Crippen LogP contribution in [0.2, 0.25) is 0 Å². The summed E-state index contributed by atoms with van der Waals surface area (Å²) in [6.07, 6.45) is 1.89. The van der Waals surface area contributed by atoms with Gasteiger partial charge in [-0.15, -0.1) is 5.92 Å². The third-order valence-electron chi connectivity index (χ3n) is 6.52. The van der Waals surface area contributed by atoms with Crippen molar-refractivity contribution in [3.63, 3.8) is 0 Å². The second-order valence-corrected chi connectivity index (χ2v) is 8.85. The van der Waals surface area contributed by atoms with E-state index >= 15 is 0 Å². The first kappa shape index (κ1) is 22.9. The van der Waals surface area contributed by atoms with Crippen molar-refractivity contribution in [3.05, 3.63) is 50.7 Å². The second kappa shape index (κ2) is 9.43. The van der Waals surface area contributed by atoms with Crippen LogP contribution >= 0.6 is 0 Å². The lowest BCUT2D eigenvalue weighted by molar-refractivity contribution is 0.331. The highest BCUT2D eigenvalue weighted by Gasteiger charge is 2.27. The number of aliphatic imine (C=N–C) groups is 1. The number of para-hydroxylation sites is 1. The normalized spacial score (nSPS) is 17.7.